The molecule has 1 heterocycles. The molecule has 0 bridgehead atoms. The zero-order valence-electron chi connectivity index (χ0n) is 11.9. The smallest absolute Gasteiger partial charge is 0.253 e. The first-order valence-electron chi connectivity index (χ1n) is 7.44. The van der Waals surface area contributed by atoms with Gasteiger partial charge in [-0.25, -0.2) is 0 Å². The summed E-state index contributed by atoms with van der Waals surface area (Å²) in [6.45, 7) is 0. The molecule has 1 saturated carbocycles. The first kappa shape index (κ1) is 14.1. The summed E-state index contributed by atoms with van der Waals surface area (Å²) in [4.78, 5) is 13.8. The van der Waals surface area contributed by atoms with Crippen LogP contribution >= 0.6 is 11.3 Å². The number of hydrogen-bond acceptors (Lipinski definition) is 3. The summed E-state index contributed by atoms with van der Waals surface area (Å²) in [7, 11) is 0. The van der Waals surface area contributed by atoms with Crippen molar-refractivity contribution in [2.75, 3.05) is 5.73 Å². The van der Waals surface area contributed by atoms with Crippen LogP contribution in [0.2, 0.25) is 0 Å². The van der Waals surface area contributed by atoms with Crippen molar-refractivity contribution in [3.63, 3.8) is 0 Å². The Kier molecular flexibility index (Phi) is 4.25. The van der Waals surface area contributed by atoms with Gasteiger partial charge in [0.15, 0.2) is 0 Å². The van der Waals surface area contributed by atoms with Gasteiger partial charge in [0.25, 0.3) is 5.91 Å². The van der Waals surface area contributed by atoms with Gasteiger partial charge >= 0.3 is 0 Å². The van der Waals surface area contributed by atoms with Gasteiger partial charge in [-0.3, -0.25) is 4.79 Å². The Morgan fingerprint density at radius 1 is 1.19 bits per heavy atom. The van der Waals surface area contributed by atoms with E-state index in [-0.39, 0.29) is 11.9 Å². The Balaban J connectivity index is 1.81. The maximum Gasteiger partial charge on any atom is 0.253 e. The topological polar surface area (TPSA) is 55.1 Å². The summed E-state index contributed by atoms with van der Waals surface area (Å²) in [6.07, 6.45) is 4.89. The number of nitrogens with two attached hydrogens (primary N) is 1. The van der Waals surface area contributed by atoms with Gasteiger partial charge in [-0.1, -0.05) is 31.0 Å². The molecule has 110 valence electrons. The largest absolute Gasteiger partial charge is 0.398 e. The normalized spacial score (nSPS) is 16.8. The molecule has 1 fully saturated rings. The highest BCUT2D eigenvalue weighted by atomic mass is 32.1. The third-order valence-corrected chi connectivity index (χ3v) is 5.17. The number of hydrogen-bond donors (Lipinski definition) is 2. The average Bonchev–Trinajstić information content (AvgIpc) is 3.18. The lowest BCUT2D eigenvalue weighted by Gasteiger charge is -2.24. The molecule has 0 aliphatic heterocycles. The van der Waals surface area contributed by atoms with E-state index < -0.39 is 0 Å². The third kappa shape index (κ3) is 3.10. The molecule has 21 heavy (non-hydrogen) atoms. The van der Waals surface area contributed by atoms with Crippen molar-refractivity contribution >= 4 is 22.9 Å². The number of carbonyl (C=O) groups is 1. The molecule has 3 rings (SSSR count). The first-order valence-corrected chi connectivity index (χ1v) is 8.32. The Morgan fingerprint density at radius 3 is 2.62 bits per heavy atom. The number of nitrogens with one attached hydrogen (secondary N) is 1. The highest BCUT2D eigenvalue weighted by molar-refractivity contribution is 7.10. The Labute approximate surface area is 129 Å². The lowest BCUT2D eigenvalue weighted by Crippen LogP contribution is -2.32. The van der Waals surface area contributed by atoms with E-state index in [0.717, 1.165) is 0 Å². The van der Waals surface area contributed by atoms with Crippen LogP contribution in [0.3, 0.4) is 0 Å². The van der Waals surface area contributed by atoms with Gasteiger partial charge in [0.1, 0.15) is 0 Å². The van der Waals surface area contributed by atoms with Crippen molar-refractivity contribution < 1.29 is 4.79 Å². The zero-order valence-corrected chi connectivity index (χ0v) is 12.7. The highest BCUT2D eigenvalue weighted by Crippen LogP contribution is 2.37. The fourth-order valence-electron chi connectivity index (χ4n) is 3.10. The van der Waals surface area contributed by atoms with Crippen LogP contribution in [0.5, 0.6) is 0 Å². The number of rotatable bonds is 4. The van der Waals surface area contributed by atoms with Gasteiger partial charge in [-0.05, 0) is 42.3 Å². The van der Waals surface area contributed by atoms with E-state index in [9.17, 15) is 4.79 Å². The molecule has 1 atom stereocenters. The molecule has 1 unspecified atom stereocenters. The molecule has 0 radical (unpaired) electrons. The van der Waals surface area contributed by atoms with Gasteiger partial charge < -0.3 is 11.1 Å². The molecule has 3 N–H and O–H groups in total. The monoisotopic (exact) mass is 300 g/mol. The molecule has 0 saturated heterocycles. The fraction of sp³-hybridized carbons (Fsp3) is 0.353. The maximum atomic E-state index is 12.5. The summed E-state index contributed by atoms with van der Waals surface area (Å²) in [5.41, 5.74) is 7.01. The van der Waals surface area contributed by atoms with Crippen LogP contribution in [-0.4, -0.2) is 5.91 Å². The predicted octanol–water partition coefficient (Wildman–Crippen LogP) is 3.99. The fourth-order valence-corrected chi connectivity index (χ4v) is 3.97. The van der Waals surface area contributed by atoms with E-state index >= 15 is 0 Å². The molecule has 1 aliphatic carbocycles. The minimum atomic E-state index is -0.0709. The van der Waals surface area contributed by atoms with Gasteiger partial charge in [-0.15, -0.1) is 11.3 Å². The molecule has 1 aromatic heterocycles. The molecule has 0 spiro atoms. The van der Waals surface area contributed by atoms with Gasteiger partial charge in [0, 0.05) is 10.6 Å². The second-order valence-corrected chi connectivity index (χ2v) is 6.58. The third-order valence-electron chi connectivity index (χ3n) is 4.21. The molecule has 1 aromatic carbocycles. The van der Waals surface area contributed by atoms with Crippen LogP contribution in [0.1, 0.15) is 47.0 Å². The average molecular weight is 300 g/mol. The van der Waals surface area contributed by atoms with Crippen molar-refractivity contribution in [2.45, 2.75) is 31.7 Å². The number of thiophene rings is 1. The predicted molar refractivity (Wildman–Crippen MR) is 87.3 cm³/mol. The number of nitrogen functional groups attached to an aromatic ring is 1. The van der Waals surface area contributed by atoms with E-state index in [1.165, 1.54) is 30.6 Å². The molecule has 3 nitrogen and oxygen atoms in total. The van der Waals surface area contributed by atoms with E-state index in [0.29, 0.717) is 17.2 Å². The summed E-state index contributed by atoms with van der Waals surface area (Å²) in [5.74, 6) is 0.468. The minimum Gasteiger partial charge on any atom is -0.398 e. The zero-order chi connectivity index (χ0) is 14.7. The van der Waals surface area contributed by atoms with Crippen LogP contribution < -0.4 is 11.1 Å². The summed E-state index contributed by atoms with van der Waals surface area (Å²) >= 11 is 1.71. The van der Waals surface area contributed by atoms with E-state index in [1.807, 2.05) is 18.2 Å². The highest BCUT2D eigenvalue weighted by Gasteiger charge is 2.28. The summed E-state index contributed by atoms with van der Waals surface area (Å²) < 4.78 is 0. The molecular formula is C17H20N2OS. The molecule has 1 amide bonds. The van der Waals surface area contributed by atoms with E-state index in [2.05, 4.69) is 16.8 Å². The van der Waals surface area contributed by atoms with Gasteiger partial charge in [0.05, 0.1) is 11.6 Å². The van der Waals surface area contributed by atoms with Crippen LogP contribution in [0.15, 0.2) is 41.8 Å². The Bertz CT molecular complexity index is 603. The number of para-hydroxylation sites is 1. The minimum absolute atomic E-state index is 0.0709. The standard InChI is InChI=1S/C17H20N2OS/c18-14-9-4-3-8-13(14)17(20)19-16(12-6-1-2-7-12)15-10-5-11-21-15/h3-5,8-12,16H,1-2,6-7,18H2,(H,19,20). The quantitative estimate of drug-likeness (QED) is 0.839. The van der Waals surface area contributed by atoms with Crippen molar-refractivity contribution in [3.05, 3.63) is 52.2 Å². The van der Waals surface area contributed by atoms with Crippen LogP contribution in [-0.2, 0) is 0 Å². The number of carbonyl (C=O) groups excluding carboxylic acids is 1. The van der Waals surface area contributed by atoms with E-state index in [4.69, 9.17) is 5.73 Å². The van der Waals surface area contributed by atoms with Crippen molar-refractivity contribution in [1.82, 2.24) is 5.32 Å². The number of amides is 1. The first-order chi connectivity index (χ1) is 10.3. The molecule has 1 aliphatic rings. The second kappa shape index (κ2) is 6.31. The SMILES string of the molecule is Nc1ccccc1C(=O)NC(c1cccs1)C1CCCC1. The second-order valence-electron chi connectivity index (χ2n) is 5.60. The van der Waals surface area contributed by atoms with E-state index in [1.54, 1.807) is 23.5 Å². The van der Waals surface area contributed by atoms with Gasteiger partial charge in [-0.2, -0.15) is 0 Å². The van der Waals surface area contributed by atoms with Gasteiger partial charge in [0.2, 0.25) is 0 Å². The maximum absolute atomic E-state index is 12.5. The van der Waals surface area contributed by atoms with Crippen molar-refractivity contribution in [3.8, 4) is 0 Å². The molecular weight excluding hydrogens is 280 g/mol. The molecule has 2 aromatic rings. The van der Waals surface area contributed by atoms with Crippen molar-refractivity contribution in [1.29, 1.82) is 0 Å². The lowest BCUT2D eigenvalue weighted by atomic mass is 9.96. The summed E-state index contributed by atoms with van der Waals surface area (Å²) in [6, 6.07) is 11.5. The number of benzene rings is 1. The number of anilines is 1. The van der Waals surface area contributed by atoms with Crippen LogP contribution in [0, 0.1) is 5.92 Å². The Morgan fingerprint density at radius 2 is 1.95 bits per heavy atom. The Hall–Kier alpha value is -1.81. The van der Waals surface area contributed by atoms with Crippen LogP contribution in [0.4, 0.5) is 5.69 Å². The van der Waals surface area contributed by atoms with Crippen LogP contribution in [0.25, 0.3) is 0 Å². The molecule has 4 heteroatoms. The lowest BCUT2D eigenvalue weighted by molar-refractivity contribution is 0.0923. The summed E-state index contributed by atoms with van der Waals surface area (Å²) in [5, 5.41) is 5.28. The van der Waals surface area contributed by atoms with Crippen molar-refractivity contribution in [2.24, 2.45) is 5.92 Å².